The number of rotatable bonds is 17. The Bertz CT molecular complexity index is 716. The van der Waals surface area contributed by atoms with Gasteiger partial charge < -0.3 is 9.08 Å². The van der Waals surface area contributed by atoms with Crippen LogP contribution in [0, 0.1) is 0 Å². The van der Waals surface area contributed by atoms with E-state index < -0.39 is 10.1 Å². The summed E-state index contributed by atoms with van der Waals surface area (Å²) in [5.41, 5.74) is 0.974. The Hall–Kier alpha value is -1.56. The molecule has 1 aromatic rings. The first-order valence-electron chi connectivity index (χ1n) is 12.1. The largest absolute Gasteiger partial charge is 0.382 e. The summed E-state index contributed by atoms with van der Waals surface area (Å²) < 4.78 is 28.2. The third-order valence-electron chi connectivity index (χ3n) is 5.79. The molecule has 178 valence electrons. The van der Waals surface area contributed by atoms with Crippen molar-refractivity contribution < 1.29 is 17.4 Å². The van der Waals surface area contributed by atoms with Crippen molar-refractivity contribution in [3.05, 3.63) is 29.8 Å². The SMILES string of the molecule is CCCCCCCCCCCC(=O)N(Cc1ccc(OS(=O)(=O)CC)cc1)[C@@H](C)CC. The molecule has 5 nitrogen and oxygen atoms in total. The van der Waals surface area contributed by atoms with Crippen LogP contribution in [0.5, 0.6) is 5.75 Å². The molecule has 0 radical (unpaired) electrons. The second-order valence-corrected chi connectivity index (χ2v) is 10.3. The molecule has 0 aliphatic rings. The highest BCUT2D eigenvalue weighted by Gasteiger charge is 2.19. The highest BCUT2D eigenvalue weighted by atomic mass is 32.2. The van der Waals surface area contributed by atoms with Crippen molar-refractivity contribution in [2.75, 3.05) is 5.75 Å². The number of benzene rings is 1. The zero-order valence-electron chi connectivity index (χ0n) is 20.1. The number of nitrogens with zero attached hydrogens (tertiary/aromatic N) is 1. The Morgan fingerprint density at radius 2 is 1.45 bits per heavy atom. The second-order valence-electron chi connectivity index (χ2n) is 8.43. The van der Waals surface area contributed by atoms with Crippen molar-refractivity contribution in [1.29, 1.82) is 0 Å². The molecule has 0 aromatic heterocycles. The molecule has 0 spiro atoms. The Balaban J connectivity index is 2.49. The number of unbranched alkanes of at least 4 members (excludes halogenated alkanes) is 8. The van der Waals surface area contributed by atoms with Gasteiger partial charge >= 0.3 is 10.1 Å². The number of carbonyl (C=O) groups is 1. The predicted molar refractivity (Wildman–Crippen MR) is 129 cm³/mol. The topological polar surface area (TPSA) is 63.7 Å². The van der Waals surface area contributed by atoms with E-state index >= 15 is 0 Å². The Labute approximate surface area is 190 Å². The quantitative estimate of drug-likeness (QED) is 0.200. The van der Waals surface area contributed by atoms with E-state index in [2.05, 4.69) is 20.8 Å². The van der Waals surface area contributed by atoms with E-state index in [9.17, 15) is 13.2 Å². The normalized spacial score (nSPS) is 12.5. The van der Waals surface area contributed by atoms with E-state index in [0.717, 1.165) is 24.8 Å². The van der Waals surface area contributed by atoms with Gasteiger partial charge in [0, 0.05) is 19.0 Å². The molecule has 0 bridgehead atoms. The van der Waals surface area contributed by atoms with Crippen LogP contribution in [-0.4, -0.2) is 31.0 Å². The lowest BCUT2D eigenvalue weighted by atomic mass is 10.1. The van der Waals surface area contributed by atoms with Crippen molar-refractivity contribution in [2.45, 2.75) is 111 Å². The van der Waals surface area contributed by atoms with Crippen LogP contribution in [0.25, 0.3) is 0 Å². The third kappa shape index (κ3) is 11.6. The van der Waals surface area contributed by atoms with Gasteiger partial charge in [0.2, 0.25) is 5.91 Å². The van der Waals surface area contributed by atoms with E-state index in [0.29, 0.717) is 18.7 Å². The Kier molecular flexibility index (Phi) is 13.5. The van der Waals surface area contributed by atoms with Crippen LogP contribution in [0.15, 0.2) is 24.3 Å². The standard InChI is InChI=1S/C25H43NO4S/c1-5-8-9-10-11-12-13-14-15-16-25(27)26(22(4)6-2)21-23-17-19-24(20-18-23)30-31(28,29)7-3/h17-20,22H,5-16,21H2,1-4H3/t22-/m0/s1. The molecule has 0 saturated heterocycles. The van der Waals surface area contributed by atoms with E-state index in [-0.39, 0.29) is 17.7 Å². The molecule has 0 unspecified atom stereocenters. The fourth-order valence-corrected chi connectivity index (χ4v) is 4.02. The zero-order chi connectivity index (χ0) is 23.1. The molecule has 31 heavy (non-hydrogen) atoms. The van der Waals surface area contributed by atoms with Gasteiger partial charge in [-0.25, -0.2) is 0 Å². The van der Waals surface area contributed by atoms with Crippen molar-refractivity contribution in [3.63, 3.8) is 0 Å². The van der Waals surface area contributed by atoms with Gasteiger partial charge in [-0.3, -0.25) is 4.79 Å². The second kappa shape index (κ2) is 15.3. The monoisotopic (exact) mass is 453 g/mol. The maximum absolute atomic E-state index is 12.9. The van der Waals surface area contributed by atoms with Gasteiger partial charge in [-0.2, -0.15) is 8.42 Å². The number of hydrogen-bond donors (Lipinski definition) is 0. The summed E-state index contributed by atoms with van der Waals surface area (Å²) in [7, 11) is -3.53. The lowest BCUT2D eigenvalue weighted by Gasteiger charge is -2.29. The average molecular weight is 454 g/mol. The van der Waals surface area contributed by atoms with Crippen molar-refractivity contribution in [3.8, 4) is 5.75 Å². The summed E-state index contributed by atoms with van der Waals surface area (Å²) in [5, 5.41) is 0. The van der Waals surface area contributed by atoms with Crippen molar-refractivity contribution in [2.24, 2.45) is 0 Å². The van der Waals surface area contributed by atoms with E-state index in [4.69, 9.17) is 4.18 Å². The van der Waals surface area contributed by atoms with Crippen LogP contribution in [0.3, 0.4) is 0 Å². The van der Waals surface area contributed by atoms with Crippen LogP contribution in [0.2, 0.25) is 0 Å². The molecular weight excluding hydrogens is 410 g/mol. The Morgan fingerprint density at radius 3 is 1.97 bits per heavy atom. The van der Waals surface area contributed by atoms with Crippen molar-refractivity contribution >= 4 is 16.0 Å². The van der Waals surface area contributed by atoms with Crippen LogP contribution in [-0.2, 0) is 21.5 Å². The lowest BCUT2D eigenvalue weighted by Crippen LogP contribution is -2.37. The van der Waals surface area contributed by atoms with Crippen LogP contribution in [0.4, 0.5) is 0 Å². The minimum atomic E-state index is -3.53. The van der Waals surface area contributed by atoms with Crippen LogP contribution < -0.4 is 4.18 Å². The highest BCUT2D eigenvalue weighted by Crippen LogP contribution is 2.19. The molecule has 0 fully saturated rings. The fraction of sp³-hybridized carbons (Fsp3) is 0.720. The average Bonchev–Trinajstić information content (AvgIpc) is 2.76. The maximum Gasteiger partial charge on any atom is 0.308 e. The highest BCUT2D eigenvalue weighted by molar-refractivity contribution is 7.87. The summed E-state index contributed by atoms with van der Waals surface area (Å²) in [6.45, 7) is 8.50. The fourth-order valence-electron chi connectivity index (χ4n) is 3.49. The van der Waals surface area contributed by atoms with Gasteiger partial charge in [0.05, 0.1) is 5.75 Å². The lowest BCUT2D eigenvalue weighted by molar-refractivity contribution is -0.134. The van der Waals surface area contributed by atoms with E-state index in [1.807, 2.05) is 17.0 Å². The molecule has 1 atom stereocenters. The van der Waals surface area contributed by atoms with Gasteiger partial charge in [-0.1, -0.05) is 77.3 Å². The summed E-state index contributed by atoms with van der Waals surface area (Å²) in [6, 6.07) is 7.15. The van der Waals surface area contributed by atoms with Gasteiger partial charge in [0.25, 0.3) is 0 Å². The van der Waals surface area contributed by atoms with Crippen LogP contribution >= 0.6 is 0 Å². The minimum absolute atomic E-state index is 0.0656. The molecule has 1 aromatic carbocycles. The summed E-state index contributed by atoms with van der Waals surface area (Å²) in [4.78, 5) is 14.8. The molecule has 1 rings (SSSR count). The summed E-state index contributed by atoms with van der Waals surface area (Å²) in [6.07, 6.45) is 12.7. The van der Waals surface area contributed by atoms with Crippen LogP contribution in [0.1, 0.15) is 104 Å². The molecule has 0 N–H and O–H groups in total. The molecule has 0 aliphatic carbocycles. The maximum atomic E-state index is 12.9. The molecule has 1 amide bonds. The number of carbonyl (C=O) groups excluding carboxylic acids is 1. The number of amides is 1. The molecule has 6 heteroatoms. The van der Waals surface area contributed by atoms with Gasteiger partial charge in [-0.05, 0) is 44.4 Å². The molecule has 0 saturated carbocycles. The minimum Gasteiger partial charge on any atom is -0.382 e. The first-order valence-corrected chi connectivity index (χ1v) is 13.7. The van der Waals surface area contributed by atoms with E-state index in [1.165, 1.54) is 44.9 Å². The van der Waals surface area contributed by atoms with Gasteiger partial charge in [-0.15, -0.1) is 0 Å². The smallest absolute Gasteiger partial charge is 0.308 e. The third-order valence-corrected chi connectivity index (χ3v) is 6.94. The first-order chi connectivity index (χ1) is 14.8. The van der Waals surface area contributed by atoms with Crippen molar-refractivity contribution in [1.82, 2.24) is 4.90 Å². The van der Waals surface area contributed by atoms with E-state index in [1.54, 1.807) is 19.1 Å². The molecule has 0 aliphatic heterocycles. The van der Waals surface area contributed by atoms with Gasteiger partial charge in [0.1, 0.15) is 5.75 Å². The zero-order valence-corrected chi connectivity index (χ0v) is 20.9. The predicted octanol–water partition coefficient (Wildman–Crippen LogP) is 6.46. The summed E-state index contributed by atoms with van der Waals surface area (Å²) in [5.74, 6) is 0.442. The summed E-state index contributed by atoms with van der Waals surface area (Å²) >= 11 is 0. The Morgan fingerprint density at radius 1 is 0.903 bits per heavy atom. The first kappa shape index (κ1) is 27.5. The number of hydrogen-bond acceptors (Lipinski definition) is 4. The molecule has 0 heterocycles. The van der Waals surface area contributed by atoms with Gasteiger partial charge in [0.15, 0.2) is 0 Å². The molecular formula is C25H43NO4S.